The standard InChI is InChI=1S/C13H17N3O2/c17-13(18)11-5-6-12(16-15-11)14-7-10(8-1-2-8)9-3-4-9/h5-6,8-10H,1-4,7H2,(H,14,16)(H,17,18). The van der Waals surface area contributed by atoms with Crippen LogP contribution in [0.15, 0.2) is 12.1 Å². The molecule has 0 spiro atoms. The summed E-state index contributed by atoms with van der Waals surface area (Å²) in [6.45, 7) is 0.941. The van der Waals surface area contributed by atoms with Crippen molar-refractivity contribution in [1.29, 1.82) is 0 Å². The summed E-state index contributed by atoms with van der Waals surface area (Å²) in [5.74, 6) is 2.20. The van der Waals surface area contributed by atoms with E-state index in [1.165, 1.54) is 31.7 Å². The van der Waals surface area contributed by atoms with Crippen molar-refractivity contribution in [3.63, 3.8) is 0 Å². The second-order valence-electron chi connectivity index (χ2n) is 5.33. The number of aromatic nitrogens is 2. The summed E-state index contributed by atoms with van der Waals surface area (Å²) in [6, 6.07) is 3.17. The van der Waals surface area contributed by atoms with Crippen LogP contribution in [0.4, 0.5) is 5.82 Å². The van der Waals surface area contributed by atoms with E-state index < -0.39 is 5.97 Å². The van der Waals surface area contributed by atoms with E-state index in [0.717, 1.165) is 24.3 Å². The molecule has 2 fully saturated rings. The van der Waals surface area contributed by atoms with E-state index in [9.17, 15) is 4.79 Å². The molecule has 2 N–H and O–H groups in total. The molecule has 0 aromatic carbocycles. The van der Waals surface area contributed by atoms with Crippen LogP contribution in [0.2, 0.25) is 0 Å². The summed E-state index contributed by atoms with van der Waals surface area (Å²) in [4.78, 5) is 10.7. The predicted octanol–water partition coefficient (Wildman–Crippen LogP) is 2.02. The van der Waals surface area contributed by atoms with Crippen LogP contribution in [0.5, 0.6) is 0 Å². The van der Waals surface area contributed by atoms with Crippen molar-refractivity contribution in [3.05, 3.63) is 17.8 Å². The first-order valence-corrected chi connectivity index (χ1v) is 6.55. The first-order valence-electron chi connectivity index (χ1n) is 6.55. The fourth-order valence-corrected chi connectivity index (χ4v) is 2.53. The fraction of sp³-hybridized carbons (Fsp3) is 0.615. The Morgan fingerprint density at radius 1 is 1.28 bits per heavy atom. The first kappa shape index (κ1) is 11.4. The van der Waals surface area contributed by atoms with E-state index in [-0.39, 0.29) is 5.69 Å². The van der Waals surface area contributed by atoms with E-state index in [4.69, 9.17) is 5.11 Å². The van der Waals surface area contributed by atoms with E-state index in [1.807, 2.05) is 0 Å². The van der Waals surface area contributed by atoms with Gasteiger partial charge in [-0.1, -0.05) is 0 Å². The average molecular weight is 247 g/mol. The Kier molecular flexibility index (Phi) is 2.89. The van der Waals surface area contributed by atoms with Crippen LogP contribution in [-0.4, -0.2) is 27.8 Å². The zero-order valence-corrected chi connectivity index (χ0v) is 10.2. The van der Waals surface area contributed by atoms with Crippen LogP contribution < -0.4 is 5.32 Å². The van der Waals surface area contributed by atoms with Crippen molar-refractivity contribution < 1.29 is 9.90 Å². The highest BCUT2D eigenvalue weighted by Crippen LogP contribution is 2.49. The molecule has 0 unspecified atom stereocenters. The maximum Gasteiger partial charge on any atom is 0.356 e. The number of anilines is 1. The fourth-order valence-electron chi connectivity index (χ4n) is 2.53. The molecule has 0 amide bonds. The molecule has 96 valence electrons. The van der Waals surface area contributed by atoms with Crippen LogP contribution in [0.25, 0.3) is 0 Å². The molecule has 3 rings (SSSR count). The van der Waals surface area contributed by atoms with E-state index in [2.05, 4.69) is 15.5 Å². The van der Waals surface area contributed by atoms with Gasteiger partial charge in [0.15, 0.2) is 5.69 Å². The van der Waals surface area contributed by atoms with Gasteiger partial charge in [0, 0.05) is 6.54 Å². The Balaban J connectivity index is 1.56. The number of carbonyl (C=O) groups is 1. The quantitative estimate of drug-likeness (QED) is 0.804. The van der Waals surface area contributed by atoms with Crippen molar-refractivity contribution in [1.82, 2.24) is 10.2 Å². The number of hydrogen-bond acceptors (Lipinski definition) is 4. The number of nitrogens with one attached hydrogen (secondary N) is 1. The molecule has 0 saturated heterocycles. The van der Waals surface area contributed by atoms with E-state index in [1.54, 1.807) is 6.07 Å². The molecule has 0 atom stereocenters. The van der Waals surface area contributed by atoms with Gasteiger partial charge in [0.1, 0.15) is 5.82 Å². The highest BCUT2D eigenvalue weighted by atomic mass is 16.4. The monoisotopic (exact) mass is 247 g/mol. The lowest BCUT2D eigenvalue weighted by atomic mass is 9.98. The molecule has 2 saturated carbocycles. The number of rotatable bonds is 6. The summed E-state index contributed by atoms with van der Waals surface area (Å²) in [5, 5.41) is 19.6. The molecule has 1 aromatic rings. The Bertz CT molecular complexity index is 426. The molecule has 5 heteroatoms. The summed E-state index contributed by atoms with van der Waals surface area (Å²) in [6.07, 6.45) is 5.47. The molecule has 0 aliphatic heterocycles. The lowest BCUT2D eigenvalue weighted by Gasteiger charge is -2.16. The van der Waals surface area contributed by atoms with Crippen molar-refractivity contribution in [2.45, 2.75) is 25.7 Å². The lowest BCUT2D eigenvalue weighted by Crippen LogP contribution is -2.19. The molecule has 0 bridgehead atoms. The number of carboxylic acid groups (broad SMARTS) is 1. The Hall–Kier alpha value is -1.65. The third-order valence-corrected chi connectivity index (χ3v) is 3.86. The molecule has 2 aliphatic carbocycles. The van der Waals surface area contributed by atoms with Gasteiger partial charge >= 0.3 is 5.97 Å². The molecule has 1 aromatic heterocycles. The van der Waals surface area contributed by atoms with Crippen LogP contribution in [0, 0.1) is 17.8 Å². The molecular weight excluding hydrogens is 230 g/mol. The van der Waals surface area contributed by atoms with Gasteiger partial charge in [0.05, 0.1) is 0 Å². The highest BCUT2D eigenvalue weighted by molar-refractivity contribution is 5.85. The minimum Gasteiger partial charge on any atom is -0.476 e. The van der Waals surface area contributed by atoms with Gasteiger partial charge in [-0.3, -0.25) is 0 Å². The van der Waals surface area contributed by atoms with Crippen LogP contribution in [-0.2, 0) is 0 Å². The van der Waals surface area contributed by atoms with Crippen LogP contribution in [0.1, 0.15) is 36.2 Å². The zero-order valence-electron chi connectivity index (χ0n) is 10.2. The first-order chi connectivity index (χ1) is 8.74. The smallest absolute Gasteiger partial charge is 0.356 e. The Labute approximate surface area is 106 Å². The van der Waals surface area contributed by atoms with Crippen molar-refractivity contribution in [2.24, 2.45) is 17.8 Å². The lowest BCUT2D eigenvalue weighted by molar-refractivity contribution is 0.0689. The Morgan fingerprint density at radius 3 is 2.39 bits per heavy atom. The predicted molar refractivity (Wildman–Crippen MR) is 66.4 cm³/mol. The molecule has 18 heavy (non-hydrogen) atoms. The van der Waals surface area contributed by atoms with Crippen molar-refractivity contribution >= 4 is 11.8 Å². The van der Waals surface area contributed by atoms with Gasteiger partial charge in [0.25, 0.3) is 0 Å². The van der Waals surface area contributed by atoms with Gasteiger partial charge < -0.3 is 10.4 Å². The SMILES string of the molecule is O=C(O)c1ccc(NCC(C2CC2)C2CC2)nn1. The third kappa shape index (κ3) is 2.60. The zero-order chi connectivity index (χ0) is 12.5. The summed E-state index contributed by atoms with van der Waals surface area (Å²) in [5.41, 5.74) is -0.0125. The largest absolute Gasteiger partial charge is 0.476 e. The average Bonchev–Trinajstić information content (AvgIpc) is 3.24. The minimum atomic E-state index is -1.04. The van der Waals surface area contributed by atoms with E-state index in [0.29, 0.717) is 5.82 Å². The second-order valence-corrected chi connectivity index (χ2v) is 5.33. The van der Waals surface area contributed by atoms with Gasteiger partial charge in [-0.2, -0.15) is 0 Å². The van der Waals surface area contributed by atoms with Crippen LogP contribution >= 0.6 is 0 Å². The second kappa shape index (κ2) is 4.55. The summed E-state index contributed by atoms with van der Waals surface area (Å²) >= 11 is 0. The van der Waals surface area contributed by atoms with Gasteiger partial charge in [-0.25, -0.2) is 4.79 Å². The van der Waals surface area contributed by atoms with Gasteiger partial charge in [-0.15, -0.1) is 10.2 Å². The maximum atomic E-state index is 10.7. The third-order valence-electron chi connectivity index (χ3n) is 3.86. The number of carboxylic acids is 1. The Morgan fingerprint density at radius 2 is 1.94 bits per heavy atom. The molecule has 0 radical (unpaired) electrons. The number of aromatic carboxylic acids is 1. The van der Waals surface area contributed by atoms with E-state index >= 15 is 0 Å². The molecule has 1 heterocycles. The maximum absolute atomic E-state index is 10.7. The topological polar surface area (TPSA) is 75.1 Å². The summed E-state index contributed by atoms with van der Waals surface area (Å²) in [7, 11) is 0. The highest BCUT2D eigenvalue weighted by Gasteiger charge is 2.41. The normalized spacial score (nSPS) is 18.9. The molecule has 5 nitrogen and oxygen atoms in total. The number of hydrogen-bond donors (Lipinski definition) is 2. The number of nitrogens with zero attached hydrogens (tertiary/aromatic N) is 2. The molecular formula is C13H17N3O2. The minimum absolute atomic E-state index is 0.0125. The van der Waals surface area contributed by atoms with Crippen molar-refractivity contribution in [2.75, 3.05) is 11.9 Å². The van der Waals surface area contributed by atoms with Crippen LogP contribution in [0.3, 0.4) is 0 Å². The molecule has 2 aliphatic rings. The van der Waals surface area contributed by atoms with Gasteiger partial charge in [0.2, 0.25) is 0 Å². The summed E-state index contributed by atoms with van der Waals surface area (Å²) < 4.78 is 0. The van der Waals surface area contributed by atoms with Gasteiger partial charge in [-0.05, 0) is 55.6 Å². The van der Waals surface area contributed by atoms with Crippen molar-refractivity contribution in [3.8, 4) is 0 Å².